The van der Waals surface area contributed by atoms with E-state index in [0.717, 1.165) is 18.2 Å². The number of carbonyl (C=O) groups excluding carboxylic acids is 1. The van der Waals surface area contributed by atoms with Gasteiger partial charge >= 0.3 is 6.18 Å². The quantitative estimate of drug-likeness (QED) is 0.182. The van der Waals surface area contributed by atoms with E-state index in [1.807, 2.05) is 0 Å². The summed E-state index contributed by atoms with van der Waals surface area (Å²) < 4.78 is 59.2. The monoisotopic (exact) mass is 596 g/mol. The molecule has 3 aromatic rings. The van der Waals surface area contributed by atoms with E-state index in [1.54, 1.807) is 24.3 Å². The summed E-state index contributed by atoms with van der Waals surface area (Å²) >= 11 is 6.69. The van der Waals surface area contributed by atoms with Crippen LogP contribution in [0.3, 0.4) is 0 Å². The molecule has 1 amide bonds. The molecule has 4 nitrogen and oxygen atoms in total. The molecule has 0 bridgehead atoms. The van der Waals surface area contributed by atoms with Crippen LogP contribution in [-0.4, -0.2) is 5.91 Å². The fraction of sp³-hybridized carbons (Fsp3) is 0.0833. The highest BCUT2D eigenvalue weighted by atomic mass is 79.9. The molecular formula is C24H14Br2F4N2O2. The summed E-state index contributed by atoms with van der Waals surface area (Å²) in [5.41, 5.74) is -0.505. The van der Waals surface area contributed by atoms with E-state index in [0.29, 0.717) is 20.1 Å². The normalized spacial score (nSPS) is 11.6. The predicted molar refractivity (Wildman–Crippen MR) is 126 cm³/mol. The molecule has 0 saturated carbocycles. The van der Waals surface area contributed by atoms with Crippen molar-refractivity contribution in [3.05, 3.63) is 97.7 Å². The minimum atomic E-state index is -4.58. The number of ether oxygens (including phenoxy) is 1. The van der Waals surface area contributed by atoms with Crippen LogP contribution in [0.4, 0.5) is 23.2 Å². The lowest BCUT2D eigenvalue weighted by molar-refractivity contribution is -0.137. The van der Waals surface area contributed by atoms with Crippen LogP contribution in [0.25, 0.3) is 6.08 Å². The average molecular weight is 598 g/mol. The zero-order valence-electron chi connectivity index (χ0n) is 17.1. The van der Waals surface area contributed by atoms with Crippen molar-refractivity contribution in [2.24, 2.45) is 0 Å². The second-order valence-corrected chi connectivity index (χ2v) is 8.70. The third-order valence-corrected chi connectivity index (χ3v) is 5.47. The van der Waals surface area contributed by atoms with Gasteiger partial charge in [-0.15, -0.1) is 0 Å². The summed E-state index contributed by atoms with van der Waals surface area (Å²) in [6, 6.07) is 14.9. The van der Waals surface area contributed by atoms with Gasteiger partial charge in [-0.05, 0) is 70.0 Å². The van der Waals surface area contributed by atoms with E-state index in [9.17, 15) is 27.6 Å². The van der Waals surface area contributed by atoms with Crippen molar-refractivity contribution in [1.29, 1.82) is 5.26 Å². The first kappa shape index (κ1) is 25.5. The number of nitrogens with one attached hydrogen (secondary N) is 1. The van der Waals surface area contributed by atoms with Crippen LogP contribution in [0.15, 0.2) is 75.2 Å². The molecule has 1 N–H and O–H groups in total. The molecular weight excluding hydrogens is 584 g/mol. The molecule has 0 spiro atoms. The Morgan fingerprint density at radius 3 is 2.50 bits per heavy atom. The second-order valence-electron chi connectivity index (χ2n) is 6.93. The maximum absolute atomic E-state index is 13.5. The third kappa shape index (κ3) is 6.68. The van der Waals surface area contributed by atoms with Crippen molar-refractivity contribution in [3.63, 3.8) is 0 Å². The molecule has 0 heterocycles. The van der Waals surface area contributed by atoms with Crippen LogP contribution >= 0.6 is 31.9 Å². The lowest BCUT2D eigenvalue weighted by Crippen LogP contribution is -2.14. The Bertz CT molecular complexity index is 1300. The molecule has 0 saturated heterocycles. The number of amides is 1. The van der Waals surface area contributed by atoms with Crippen molar-refractivity contribution < 1.29 is 27.1 Å². The summed E-state index contributed by atoms with van der Waals surface area (Å²) in [7, 11) is 0. The van der Waals surface area contributed by atoms with Gasteiger partial charge in [-0.3, -0.25) is 4.79 Å². The van der Waals surface area contributed by atoms with Gasteiger partial charge in [0.25, 0.3) is 5.91 Å². The predicted octanol–water partition coefficient (Wildman–Crippen LogP) is 7.49. The molecule has 0 aliphatic rings. The number of carbonyl (C=O) groups is 1. The number of halogens is 6. The Balaban J connectivity index is 1.89. The number of hydrogen-bond acceptors (Lipinski definition) is 3. The highest BCUT2D eigenvalue weighted by Gasteiger charge is 2.30. The number of benzene rings is 3. The zero-order valence-corrected chi connectivity index (χ0v) is 20.3. The molecule has 3 aromatic carbocycles. The van der Waals surface area contributed by atoms with E-state index in [-0.39, 0.29) is 23.6 Å². The minimum absolute atomic E-state index is 0.0111. The van der Waals surface area contributed by atoms with Crippen LogP contribution in [0.1, 0.15) is 16.7 Å². The average Bonchev–Trinajstić information content (AvgIpc) is 2.76. The van der Waals surface area contributed by atoms with Crippen molar-refractivity contribution in [3.8, 4) is 11.8 Å². The number of nitriles is 1. The largest absolute Gasteiger partial charge is 0.487 e. The van der Waals surface area contributed by atoms with Gasteiger partial charge < -0.3 is 10.1 Å². The molecule has 0 atom stereocenters. The van der Waals surface area contributed by atoms with E-state index in [1.165, 1.54) is 30.3 Å². The smallest absolute Gasteiger partial charge is 0.416 e. The summed E-state index contributed by atoms with van der Waals surface area (Å²) in [6.45, 7) is 0.0111. The molecule has 0 unspecified atom stereocenters. The van der Waals surface area contributed by atoms with Gasteiger partial charge in [0, 0.05) is 15.7 Å². The van der Waals surface area contributed by atoms with Crippen molar-refractivity contribution in [2.75, 3.05) is 5.32 Å². The van der Waals surface area contributed by atoms with Crippen LogP contribution in [-0.2, 0) is 17.6 Å². The Hall–Kier alpha value is -3.16. The summed E-state index contributed by atoms with van der Waals surface area (Å²) in [6.07, 6.45) is -3.33. The fourth-order valence-corrected chi connectivity index (χ4v) is 4.27. The van der Waals surface area contributed by atoms with Gasteiger partial charge in [-0.2, -0.15) is 18.4 Å². The molecule has 0 radical (unpaired) electrons. The maximum atomic E-state index is 13.5. The topological polar surface area (TPSA) is 62.1 Å². The van der Waals surface area contributed by atoms with Gasteiger partial charge in [-0.25, -0.2) is 4.39 Å². The zero-order chi connectivity index (χ0) is 24.9. The molecule has 34 heavy (non-hydrogen) atoms. The van der Waals surface area contributed by atoms with Crippen molar-refractivity contribution in [1.82, 2.24) is 0 Å². The Morgan fingerprint density at radius 2 is 1.82 bits per heavy atom. The number of rotatable bonds is 6. The third-order valence-electron chi connectivity index (χ3n) is 4.42. The lowest BCUT2D eigenvalue weighted by atomic mass is 10.1. The van der Waals surface area contributed by atoms with Crippen LogP contribution in [0.5, 0.6) is 5.75 Å². The molecule has 3 rings (SSSR count). The Morgan fingerprint density at radius 1 is 1.09 bits per heavy atom. The van der Waals surface area contributed by atoms with E-state index in [2.05, 4.69) is 37.2 Å². The van der Waals surface area contributed by atoms with Crippen molar-refractivity contribution in [2.45, 2.75) is 12.8 Å². The van der Waals surface area contributed by atoms with Gasteiger partial charge in [0.1, 0.15) is 29.8 Å². The first-order valence-corrected chi connectivity index (χ1v) is 11.1. The molecule has 0 aromatic heterocycles. The fourth-order valence-electron chi connectivity index (χ4n) is 2.90. The van der Waals surface area contributed by atoms with E-state index in [4.69, 9.17) is 4.74 Å². The highest BCUT2D eigenvalue weighted by molar-refractivity contribution is 9.11. The number of alkyl halides is 3. The number of hydrogen-bond donors (Lipinski definition) is 1. The standard InChI is InChI=1S/C24H14Br2F4N2O2/c25-18-9-15(22(21(26)11-18)34-13-14-3-1-5-19(27)7-14)8-16(12-31)23(33)32-20-6-2-4-17(10-20)24(28,29)30/h1-11H,13H2,(H,32,33)/b16-8+. The summed E-state index contributed by atoms with van der Waals surface area (Å²) in [5, 5.41) is 11.8. The maximum Gasteiger partial charge on any atom is 0.416 e. The number of anilines is 1. The van der Waals surface area contributed by atoms with Gasteiger partial charge in [0.15, 0.2) is 0 Å². The van der Waals surface area contributed by atoms with Crippen LogP contribution < -0.4 is 10.1 Å². The molecule has 174 valence electrons. The molecule has 0 aliphatic heterocycles. The second kappa shape index (κ2) is 10.8. The molecule has 10 heteroatoms. The summed E-state index contributed by atoms with van der Waals surface area (Å²) in [5.74, 6) is -1.03. The van der Waals surface area contributed by atoms with Gasteiger partial charge in [0.2, 0.25) is 0 Å². The SMILES string of the molecule is N#C/C(=C\c1cc(Br)cc(Br)c1OCc1cccc(F)c1)C(=O)Nc1cccc(C(F)(F)F)c1. The molecule has 0 aliphatic carbocycles. The molecule has 0 fully saturated rings. The Labute approximate surface area is 209 Å². The lowest BCUT2D eigenvalue weighted by Gasteiger charge is -2.13. The van der Waals surface area contributed by atoms with E-state index >= 15 is 0 Å². The van der Waals surface area contributed by atoms with Gasteiger partial charge in [0.05, 0.1) is 10.0 Å². The minimum Gasteiger partial charge on any atom is -0.487 e. The summed E-state index contributed by atoms with van der Waals surface area (Å²) in [4.78, 5) is 12.6. The van der Waals surface area contributed by atoms with Crippen LogP contribution in [0.2, 0.25) is 0 Å². The van der Waals surface area contributed by atoms with Crippen molar-refractivity contribution >= 4 is 49.5 Å². The first-order chi connectivity index (χ1) is 16.1. The number of nitrogens with zero attached hydrogens (tertiary/aromatic N) is 1. The van der Waals surface area contributed by atoms with Crippen LogP contribution in [0, 0.1) is 17.1 Å². The van der Waals surface area contributed by atoms with E-state index < -0.39 is 23.5 Å². The Kier molecular flexibility index (Phi) is 8.12. The van der Waals surface area contributed by atoms with Gasteiger partial charge in [-0.1, -0.05) is 34.1 Å². The first-order valence-electron chi connectivity index (χ1n) is 9.53. The highest BCUT2D eigenvalue weighted by Crippen LogP contribution is 2.35.